The summed E-state index contributed by atoms with van der Waals surface area (Å²) in [7, 11) is 0. The van der Waals surface area contributed by atoms with Crippen LogP contribution in [-0.2, 0) is 23.9 Å². The first-order chi connectivity index (χ1) is 16.7. The summed E-state index contributed by atoms with van der Waals surface area (Å²) in [6.07, 6.45) is -0.216. The van der Waals surface area contributed by atoms with Crippen LogP contribution in [0.3, 0.4) is 0 Å². The lowest BCUT2D eigenvalue weighted by Crippen LogP contribution is -2.61. The first-order valence-corrected chi connectivity index (χ1v) is 11.4. The Hall–Kier alpha value is -3.64. The number of carboxylic acid groups (broad SMARTS) is 1. The highest BCUT2D eigenvalue weighted by Gasteiger charge is 2.47. The number of hydrogen-bond acceptors (Lipinski definition) is 8. The largest absolute Gasteiger partial charge is 0.480 e. The number of likely N-dealkylation sites (tertiary alicyclic amines) is 1. The van der Waals surface area contributed by atoms with E-state index in [-0.39, 0.29) is 24.0 Å². The van der Waals surface area contributed by atoms with Crippen molar-refractivity contribution in [1.29, 1.82) is 0 Å². The molecular formula is C23H26N4O8. The molecule has 35 heavy (non-hydrogen) atoms. The summed E-state index contributed by atoms with van der Waals surface area (Å²) >= 11 is 0. The fourth-order valence-corrected chi connectivity index (χ4v) is 4.53. The minimum Gasteiger partial charge on any atom is -0.480 e. The van der Waals surface area contributed by atoms with E-state index < -0.39 is 60.2 Å². The Bertz CT molecular complexity index is 1050. The Morgan fingerprint density at radius 3 is 2.26 bits per heavy atom. The van der Waals surface area contributed by atoms with E-state index >= 15 is 0 Å². The van der Waals surface area contributed by atoms with E-state index in [4.69, 9.17) is 4.74 Å². The summed E-state index contributed by atoms with van der Waals surface area (Å²) in [5.74, 6) is -4.74. The van der Waals surface area contributed by atoms with Crippen LogP contribution >= 0.6 is 0 Å². The normalized spacial score (nSPS) is 22.7. The van der Waals surface area contributed by atoms with Crippen LogP contribution in [0.25, 0.3) is 0 Å². The van der Waals surface area contributed by atoms with Gasteiger partial charge in [-0.1, -0.05) is 12.1 Å². The number of ether oxygens (including phenoxy) is 1. The standard InChI is InChI=1S/C23H26N4O8/c1-13(25-8-10-35-11-9-25)19(29)24-16(23(33)34)12-26-18(28)7-6-17(22(26)32)27-20(30)14-4-2-3-5-15(14)21(27)31/h2-5,13,16-17H,6-12H2,1H3,(H,24,29)(H,33,34)/t13?,16-,17?/m0/s1. The first-order valence-electron chi connectivity index (χ1n) is 11.4. The third kappa shape index (κ3) is 4.66. The molecule has 12 heteroatoms. The van der Waals surface area contributed by atoms with Crippen LogP contribution < -0.4 is 5.32 Å². The van der Waals surface area contributed by atoms with Gasteiger partial charge in [0.2, 0.25) is 11.8 Å². The fraction of sp³-hybridized carbons (Fsp3) is 0.478. The van der Waals surface area contributed by atoms with Gasteiger partial charge in [0, 0.05) is 19.5 Å². The number of nitrogens with one attached hydrogen (secondary N) is 1. The van der Waals surface area contributed by atoms with Crippen LogP contribution in [0, 0.1) is 0 Å². The maximum atomic E-state index is 13.2. The molecule has 3 aliphatic rings. The number of imide groups is 2. The van der Waals surface area contributed by atoms with Gasteiger partial charge in [-0.05, 0) is 25.5 Å². The van der Waals surface area contributed by atoms with E-state index in [0.717, 1.165) is 9.80 Å². The molecule has 3 aliphatic heterocycles. The Labute approximate surface area is 200 Å². The predicted molar refractivity (Wildman–Crippen MR) is 118 cm³/mol. The fourth-order valence-electron chi connectivity index (χ4n) is 4.53. The third-order valence-corrected chi connectivity index (χ3v) is 6.57. The molecule has 0 aliphatic carbocycles. The number of aliphatic carboxylic acids is 1. The molecule has 0 radical (unpaired) electrons. The van der Waals surface area contributed by atoms with Crippen LogP contribution in [0.2, 0.25) is 0 Å². The van der Waals surface area contributed by atoms with Gasteiger partial charge in [-0.2, -0.15) is 0 Å². The van der Waals surface area contributed by atoms with Crippen molar-refractivity contribution in [2.75, 3.05) is 32.8 Å². The molecule has 12 nitrogen and oxygen atoms in total. The Balaban J connectivity index is 1.48. The zero-order valence-corrected chi connectivity index (χ0v) is 19.1. The molecule has 1 aromatic carbocycles. The number of hydrogen-bond donors (Lipinski definition) is 2. The highest BCUT2D eigenvalue weighted by atomic mass is 16.5. The lowest BCUT2D eigenvalue weighted by atomic mass is 10.0. The van der Waals surface area contributed by atoms with E-state index in [9.17, 15) is 33.9 Å². The number of carboxylic acids is 1. The third-order valence-electron chi connectivity index (χ3n) is 6.57. The first kappa shape index (κ1) is 24.5. The van der Waals surface area contributed by atoms with Crippen molar-refractivity contribution in [3.05, 3.63) is 35.4 Å². The van der Waals surface area contributed by atoms with Gasteiger partial charge in [-0.15, -0.1) is 0 Å². The van der Waals surface area contributed by atoms with Crippen molar-refractivity contribution < 1.29 is 38.6 Å². The Kier molecular flexibility index (Phi) is 6.94. The summed E-state index contributed by atoms with van der Waals surface area (Å²) < 4.78 is 5.26. The SMILES string of the molecule is CC(C(=O)N[C@@H](CN1C(=O)CCC(N2C(=O)c3ccccc3C2=O)C1=O)C(=O)O)N1CCOCC1. The Morgan fingerprint density at radius 1 is 1.09 bits per heavy atom. The van der Waals surface area contributed by atoms with E-state index in [2.05, 4.69) is 5.32 Å². The van der Waals surface area contributed by atoms with Crippen molar-refractivity contribution in [1.82, 2.24) is 20.0 Å². The molecule has 1 aromatic rings. The van der Waals surface area contributed by atoms with Crippen molar-refractivity contribution in [3.8, 4) is 0 Å². The van der Waals surface area contributed by atoms with Crippen LogP contribution in [0.5, 0.6) is 0 Å². The number of benzene rings is 1. The topological polar surface area (TPSA) is 154 Å². The number of nitrogens with zero attached hydrogens (tertiary/aromatic N) is 3. The van der Waals surface area contributed by atoms with E-state index in [1.807, 2.05) is 4.90 Å². The molecule has 2 N–H and O–H groups in total. The zero-order chi connectivity index (χ0) is 25.3. The van der Waals surface area contributed by atoms with Crippen molar-refractivity contribution in [2.45, 2.75) is 37.9 Å². The molecular weight excluding hydrogens is 460 g/mol. The van der Waals surface area contributed by atoms with Crippen LogP contribution in [-0.4, -0.2) is 106 Å². The number of fused-ring (bicyclic) bond motifs is 1. The van der Waals surface area contributed by atoms with Crippen molar-refractivity contribution in [3.63, 3.8) is 0 Å². The number of carbonyl (C=O) groups is 6. The maximum absolute atomic E-state index is 13.2. The minimum atomic E-state index is -1.56. The van der Waals surface area contributed by atoms with Crippen LogP contribution in [0.4, 0.5) is 0 Å². The number of piperidine rings is 1. The van der Waals surface area contributed by atoms with Crippen molar-refractivity contribution in [2.24, 2.45) is 0 Å². The number of amides is 5. The monoisotopic (exact) mass is 486 g/mol. The molecule has 5 amide bonds. The lowest BCUT2D eigenvalue weighted by Gasteiger charge is -2.36. The minimum absolute atomic E-state index is 0.0577. The van der Waals surface area contributed by atoms with Crippen LogP contribution in [0.1, 0.15) is 40.5 Å². The van der Waals surface area contributed by atoms with Gasteiger partial charge in [-0.25, -0.2) is 4.79 Å². The smallest absolute Gasteiger partial charge is 0.328 e. The molecule has 0 spiro atoms. The number of carbonyl (C=O) groups excluding carboxylic acids is 5. The summed E-state index contributed by atoms with van der Waals surface area (Å²) in [6.45, 7) is 2.95. The van der Waals surface area contributed by atoms with Crippen molar-refractivity contribution >= 4 is 35.5 Å². The Morgan fingerprint density at radius 2 is 1.69 bits per heavy atom. The second-order valence-corrected chi connectivity index (χ2v) is 8.65. The summed E-state index contributed by atoms with van der Waals surface area (Å²) in [6, 6.07) is 2.74. The molecule has 3 heterocycles. The molecule has 4 rings (SSSR count). The summed E-state index contributed by atoms with van der Waals surface area (Å²) in [4.78, 5) is 79.4. The van der Waals surface area contributed by atoms with E-state index in [1.54, 1.807) is 19.1 Å². The lowest BCUT2D eigenvalue weighted by molar-refractivity contribution is -0.154. The second kappa shape index (κ2) is 9.92. The highest BCUT2D eigenvalue weighted by Crippen LogP contribution is 2.29. The molecule has 2 unspecified atom stereocenters. The van der Waals surface area contributed by atoms with Gasteiger partial charge in [0.1, 0.15) is 12.1 Å². The van der Waals surface area contributed by atoms with Gasteiger partial charge in [0.25, 0.3) is 17.7 Å². The molecule has 0 bridgehead atoms. The average Bonchev–Trinajstić information content (AvgIpc) is 3.11. The molecule has 2 saturated heterocycles. The van der Waals surface area contributed by atoms with Crippen LogP contribution in [0.15, 0.2) is 24.3 Å². The second-order valence-electron chi connectivity index (χ2n) is 8.65. The van der Waals surface area contributed by atoms with E-state index in [0.29, 0.717) is 26.3 Å². The highest BCUT2D eigenvalue weighted by molar-refractivity contribution is 6.23. The predicted octanol–water partition coefficient (Wildman–Crippen LogP) is -0.910. The summed E-state index contributed by atoms with van der Waals surface area (Å²) in [5, 5.41) is 12.1. The molecule has 3 atom stereocenters. The molecule has 2 fully saturated rings. The van der Waals surface area contributed by atoms with Gasteiger partial charge in [-0.3, -0.25) is 38.7 Å². The van der Waals surface area contributed by atoms with Gasteiger partial charge in [0.05, 0.1) is 36.9 Å². The maximum Gasteiger partial charge on any atom is 0.328 e. The summed E-state index contributed by atoms with van der Waals surface area (Å²) in [5.41, 5.74) is 0.336. The number of morpholine rings is 1. The van der Waals surface area contributed by atoms with Gasteiger partial charge in [0.15, 0.2) is 0 Å². The number of rotatable bonds is 7. The van der Waals surface area contributed by atoms with Gasteiger partial charge < -0.3 is 15.2 Å². The zero-order valence-electron chi connectivity index (χ0n) is 19.1. The molecule has 0 aromatic heterocycles. The average molecular weight is 486 g/mol. The molecule has 186 valence electrons. The van der Waals surface area contributed by atoms with E-state index in [1.165, 1.54) is 12.1 Å². The van der Waals surface area contributed by atoms with Gasteiger partial charge >= 0.3 is 5.97 Å². The molecule has 0 saturated carbocycles. The quantitative estimate of drug-likeness (QED) is 0.466.